The van der Waals surface area contributed by atoms with E-state index in [0.29, 0.717) is 28.4 Å². The molecule has 0 spiro atoms. The lowest BCUT2D eigenvalue weighted by molar-refractivity contribution is 0.0657. The average Bonchev–Trinajstić information content (AvgIpc) is 3.56. The molecule has 0 saturated carbocycles. The van der Waals surface area contributed by atoms with E-state index in [0.717, 1.165) is 5.69 Å². The minimum Gasteiger partial charge on any atom is -0.493 e. The minimum absolute atomic E-state index is 0.0380. The zero-order valence-electron chi connectivity index (χ0n) is 18.2. The summed E-state index contributed by atoms with van der Waals surface area (Å²) in [6, 6.07) is 19.0. The Kier molecular flexibility index (Phi) is 6.73. The van der Waals surface area contributed by atoms with E-state index < -0.39 is 5.97 Å². The van der Waals surface area contributed by atoms with Gasteiger partial charge in [0.25, 0.3) is 5.91 Å². The number of aromatic carboxylic acids is 1. The van der Waals surface area contributed by atoms with E-state index in [9.17, 15) is 9.59 Å². The number of methoxy groups -OCH3 is 1. The highest BCUT2D eigenvalue weighted by atomic mass is 16.5. The van der Waals surface area contributed by atoms with Crippen molar-refractivity contribution in [3.63, 3.8) is 0 Å². The minimum atomic E-state index is -1.14. The van der Waals surface area contributed by atoms with E-state index in [1.54, 1.807) is 30.3 Å². The fourth-order valence-corrected chi connectivity index (χ4v) is 3.12. The summed E-state index contributed by atoms with van der Waals surface area (Å²) in [4.78, 5) is 23.3. The molecule has 2 aromatic heterocycles. The zero-order chi connectivity index (χ0) is 23.9. The van der Waals surface area contributed by atoms with E-state index in [-0.39, 0.29) is 18.3 Å². The van der Waals surface area contributed by atoms with Crippen LogP contribution in [0.15, 0.2) is 88.6 Å². The monoisotopic (exact) mass is 459 g/mol. The lowest BCUT2D eigenvalue weighted by atomic mass is 10.2. The Labute approximate surface area is 194 Å². The van der Waals surface area contributed by atoms with Crippen molar-refractivity contribution >= 4 is 18.1 Å². The lowest BCUT2D eigenvalue weighted by Gasteiger charge is -2.10. The van der Waals surface area contributed by atoms with Crippen LogP contribution in [0.3, 0.4) is 0 Å². The van der Waals surface area contributed by atoms with Crippen LogP contribution in [0.2, 0.25) is 0 Å². The van der Waals surface area contributed by atoms with Gasteiger partial charge in [0, 0.05) is 23.6 Å². The van der Waals surface area contributed by atoms with Crippen molar-refractivity contribution in [2.45, 2.75) is 6.61 Å². The van der Waals surface area contributed by atoms with Gasteiger partial charge in [0.15, 0.2) is 11.5 Å². The molecule has 172 valence electrons. The second-order valence-corrected chi connectivity index (χ2v) is 7.11. The average molecular weight is 459 g/mol. The third kappa shape index (κ3) is 5.33. The van der Waals surface area contributed by atoms with Gasteiger partial charge in [0.05, 0.1) is 13.3 Å². The second kappa shape index (κ2) is 10.2. The number of carboxylic acids is 1. The number of nitrogens with zero attached hydrogens (tertiary/aromatic N) is 2. The SMILES string of the molecule is COc1cc(/C=N/NC(=O)c2ccc(-n3cccc3)cc2)ccc1OCc1ccc(C(=O)O)o1. The number of hydrogen-bond acceptors (Lipinski definition) is 6. The molecular weight excluding hydrogens is 438 g/mol. The number of carboxylic acid groups (broad SMARTS) is 1. The van der Waals surface area contributed by atoms with Gasteiger partial charge in [0.1, 0.15) is 12.4 Å². The number of ether oxygens (including phenoxy) is 2. The van der Waals surface area contributed by atoms with E-state index in [1.165, 1.54) is 25.5 Å². The molecule has 4 rings (SSSR count). The second-order valence-electron chi connectivity index (χ2n) is 7.11. The van der Waals surface area contributed by atoms with Crippen molar-refractivity contribution in [2.75, 3.05) is 7.11 Å². The van der Waals surface area contributed by atoms with Crippen LogP contribution < -0.4 is 14.9 Å². The Hall–Kier alpha value is -4.79. The predicted octanol–water partition coefficient (Wildman–Crippen LogP) is 4.12. The molecule has 0 radical (unpaired) electrons. The van der Waals surface area contributed by atoms with E-state index >= 15 is 0 Å². The van der Waals surface area contributed by atoms with Gasteiger partial charge in [-0.1, -0.05) is 0 Å². The highest BCUT2D eigenvalue weighted by Gasteiger charge is 2.11. The van der Waals surface area contributed by atoms with Gasteiger partial charge in [0.2, 0.25) is 5.76 Å². The summed E-state index contributed by atoms with van der Waals surface area (Å²) >= 11 is 0. The molecular formula is C25H21N3O6. The number of rotatable bonds is 9. The molecule has 0 bridgehead atoms. The molecule has 0 unspecified atom stereocenters. The predicted molar refractivity (Wildman–Crippen MR) is 124 cm³/mol. The van der Waals surface area contributed by atoms with Crippen LogP contribution in [-0.2, 0) is 6.61 Å². The fourth-order valence-electron chi connectivity index (χ4n) is 3.12. The Morgan fingerprint density at radius 1 is 1.06 bits per heavy atom. The number of benzene rings is 2. The first-order valence-electron chi connectivity index (χ1n) is 10.2. The maximum atomic E-state index is 12.4. The maximum absolute atomic E-state index is 12.4. The third-order valence-electron chi connectivity index (χ3n) is 4.84. The fraction of sp³-hybridized carbons (Fsp3) is 0.0800. The third-order valence-corrected chi connectivity index (χ3v) is 4.84. The van der Waals surface area contributed by atoms with Crippen LogP contribution in [0.25, 0.3) is 5.69 Å². The van der Waals surface area contributed by atoms with Gasteiger partial charge < -0.3 is 23.6 Å². The van der Waals surface area contributed by atoms with Gasteiger partial charge >= 0.3 is 5.97 Å². The molecule has 1 amide bonds. The molecule has 0 aliphatic rings. The van der Waals surface area contributed by atoms with Crippen molar-refractivity contribution < 1.29 is 28.6 Å². The number of hydrogen-bond donors (Lipinski definition) is 2. The molecule has 0 aliphatic heterocycles. The first-order chi connectivity index (χ1) is 16.5. The van der Waals surface area contributed by atoms with Crippen LogP contribution in [-0.4, -0.2) is 34.9 Å². The molecule has 0 saturated heterocycles. The molecule has 2 aromatic carbocycles. The summed E-state index contributed by atoms with van der Waals surface area (Å²) in [6.45, 7) is 0.0380. The lowest BCUT2D eigenvalue weighted by Crippen LogP contribution is -2.17. The summed E-state index contributed by atoms with van der Waals surface area (Å²) in [5, 5.41) is 12.9. The summed E-state index contributed by atoms with van der Waals surface area (Å²) < 4.78 is 18.1. The van der Waals surface area contributed by atoms with Crippen LogP contribution in [0.5, 0.6) is 11.5 Å². The molecule has 0 fully saturated rings. The van der Waals surface area contributed by atoms with Crippen molar-refractivity contribution in [3.8, 4) is 17.2 Å². The highest BCUT2D eigenvalue weighted by Crippen LogP contribution is 2.28. The first-order valence-corrected chi connectivity index (χ1v) is 10.2. The molecule has 9 heteroatoms. The van der Waals surface area contributed by atoms with E-state index in [2.05, 4.69) is 10.5 Å². The number of furan rings is 1. The molecule has 9 nitrogen and oxygen atoms in total. The van der Waals surface area contributed by atoms with Crippen molar-refractivity contribution in [3.05, 3.63) is 102 Å². The number of carbonyl (C=O) groups is 2. The van der Waals surface area contributed by atoms with Gasteiger partial charge in [-0.3, -0.25) is 4.79 Å². The molecule has 2 heterocycles. The summed E-state index contributed by atoms with van der Waals surface area (Å²) in [5.41, 5.74) is 4.62. The summed E-state index contributed by atoms with van der Waals surface area (Å²) in [5.74, 6) is -0.374. The first kappa shape index (κ1) is 22.4. The van der Waals surface area contributed by atoms with Crippen molar-refractivity contribution in [1.29, 1.82) is 0 Å². The van der Waals surface area contributed by atoms with Gasteiger partial charge in [-0.2, -0.15) is 5.10 Å². The molecule has 34 heavy (non-hydrogen) atoms. The Morgan fingerprint density at radius 3 is 2.50 bits per heavy atom. The standard InChI is InChI=1S/C25H21N3O6/c1-32-23-14-17(4-10-21(23)33-16-20-9-11-22(34-20)25(30)31)15-26-27-24(29)18-5-7-19(8-6-18)28-12-2-3-13-28/h2-15H,16H2,1H3,(H,27,29)(H,30,31)/b26-15+. The number of nitrogens with one attached hydrogen (secondary N) is 1. The quantitative estimate of drug-likeness (QED) is 0.287. The van der Waals surface area contributed by atoms with Gasteiger partial charge in [-0.25, -0.2) is 10.2 Å². The summed E-state index contributed by atoms with van der Waals surface area (Å²) in [6.07, 6.45) is 5.34. The molecule has 2 N–H and O–H groups in total. The topological polar surface area (TPSA) is 115 Å². The molecule has 0 aliphatic carbocycles. The maximum Gasteiger partial charge on any atom is 0.371 e. The number of amides is 1. The largest absolute Gasteiger partial charge is 0.493 e. The van der Waals surface area contributed by atoms with Crippen molar-refractivity contribution in [2.24, 2.45) is 5.10 Å². The zero-order valence-corrected chi connectivity index (χ0v) is 18.2. The van der Waals surface area contributed by atoms with Crippen LogP contribution >= 0.6 is 0 Å². The van der Waals surface area contributed by atoms with Gasteiger partial charge in [-0.05, 0) is 72.3 Å². The van der Waals surface area contributed by atoms with Crippen LogP contribution in [0, 0.1) is 0 Å². The highest BCUT2D eigenvalue weighted by molar-refractivity contribution is 5.95. The summed E-state index contributed by atoms with van der Waals surface area (Å²) in [7, 11) is 1.50. The smallest absolute Gasteiger partial charge is 0.371 e. The van der Waals surface area contributed by atoms with Crippen molar-refractivity contribution in [1.82, 2.24) is 9.99 Å². The van der Waals surface area contributed by atoms with Crippen LogP contribution in [0.1, 0.15) is 32.2 Å². The Morgan fingerprint density at radius 2 is 1.82 bits per heavy atom. The van der Waals surface area contributed by atoms with Gasteiger partial charge in [-0.15, -0.1) is 0 Å². The number of hydrazone groups is 1. The van der Waals surface area contributed by atoms with E-state index in [1.807, 2.05) is 41.2 Å². The number of carbonyl (C=O) groups excluding carboxylic acids is 1. The molecule has 0 atom stereocenters. The molecule has 4 aromatic rings. The Balaban J connectivity index is 1.35. The van der Waals surface area contributed by atoms with E-state index in [4.69, 9.17) is 19.0 Å². The normalized spacial score (nSPS) is 10.9. The Bertz CT molecular complexity index is 1310. The number of aromatic nitrogens is 1. The van der Waals surface area contributed by atoms with Crippen LogP contribution in [0.4, 0.5) is 0 Å².